The predicted molar refractivity (Wildman–Crippen MR) is 68.8 cm³/mol. The van der Waals surface area contributed by atoms with Crippen LogP contribution in [0.2, 0.25) is 0 Å². The number of hydrogen-bond donors (Lipinski definition) is 2. The highest BCUT2D eigenvalue weighted by atomic mass is 19.2. The third kappa shape index (κ3) is 2.44. The molecule has 1 aromatic rings. The Morgan fingerprint density at radius 2 is 2.11 bits per heavy atom. The Bertz CT molecular complexity index is 460. The Balaban J connectivity index is 2.34. The summed E-state index contributed by atoms with van der Waals surface area (Å²) in [5.41, 5.74) is 2.96. The molecule has 2 unspecified atom stereocenters. The summed E-state index contributed by atoms with van der Waals surface area (Å²) in [6.45, 7) is 1.90. The van der Waals surface area contributed by atoms with Gasteiger partial charge >= 0.3 is 0 Å². The molecule has 2 atom stereocenters. The number of rotatable bonds is 2. The smallest absolute Gasteiger partial charge is 0.129 e. The van der Waals surface area contributed by atoms with Gasteiger partial charge in [-0.2, -0.15) is 0 Å². The van der Waals surface area contributed by atoms with E-state index in [2.05, 4.69) is 10.3 Å². The molecule has 1 aliphatic rings. The van der Waals surface area contributed by atoms with Crippen LogP contribution < -0.4 is 10.9 Å². The predicted octanol–water partition coefficient (Wildman–Crippen LogP) is 3.21. The highest BCUT2D eigenvalue weighted by molar-refractivity contribution is 5.84. The first-order valence-corrected chi connectivity index (χ1v) is 6.07. The van der Waals surface area contributed by atoms with Crippen molar-refractivity contribution in [1.82, 2.24) is 5.54 Å². The van der Waals surface area contributed by atoms with E-state index < -0.39 is 0 Å². The third-order valence-electron chi connectivity index (χ3n) is 3.38. The van der Waals surface area contributed by atoms with Crippen LogP contribution in [0.3, 0.4) is 0 Å². The zero-order valence-corrected chi connectivity index (χ0v) is 10.5. The standard InChI is InChI=1S/C13H17F2N3/c1-8-3-6-12(17-13(8)18-15)10-7-9(16-2)4-5-11(10)14/h4-5,7-8,12,16H,3,6H2,1-2H3,(H,17,18). The average molecular weight is 253 g/mol. The summed E-state index contributed by atoms with van der Waals surface area (Å²) in [5, 5.41) is 2.96. The van der Waals surface area contributed by atoms with Crippen LogP contribution in [-0.2, 0) is 0 Å². The summed E-state index contributed by atoms with van der Waals surface area (Å²) < 4.78 is 26.4. The number of benzene rings is 1. The molecule has 0 saturated carbocycles. The molecule has 0 radical (unpaired) electrons. The fraction of sp³-hybridized carbons (Fsp3) is 0.462. The minimum atomic E-state index is -0.312. The van der Waals surface area contributed by atoms with Gasteiger partial charge in [-0.1, -0.05) is 6.92 Å². The second-order valence-electron chi connectivity index (χ2n) is 4.59. The van der Waals surface area contributed by atoms with E-state index in [1.54, 1.807) is 24.7 Å². The number of aliphatic imine (C=N–C) groups is 1. The van der Waals surface area contributed by atoms with E-state index in [1.165, 1.54) is 6.07 Å². The lowest BCUT2D eigenvalue weighted by Gasteiger charge is -2.24. The largest absolute Gasteiger partial charge is 0.388 e. The van der Waals surface area contributed by atoms with Gasteiger partial charge in [-0.15, -0.1) is 4.48 Å². The zero-order chi connectivity index (χ0) is 13.1. The lowest BCUT2D eigenvalue weighted by atomic mass is 9.92. The Morgan fingerprint density at radius 3 is 2.78 bits per heavy atom. The quantitative estimate of drug-likeness (QED) is 0.794. The van der Waals surface area contributed by atoms with E-state index in [1.807, 2.05) is 6.92 Å². The highest BCUT2D eigenvalue weighted by Crippen LogP contribution is 2.32. The van der Waals surface area contributed by atoms with Crippen LogP contribution in [0.25, 0.3) is 0 Å². The Kier molecular flexibility index (Phi) is 3.79. The van der Waals surface area contributed by atoms with Crippen molar-refractivity contribution in [2.45, 2.75) is 25.8 Å². The van der Waals surface area contributed by atoms with Gasteiger partial charge in [-0.05, 0) is 31.0 Å². The van der Waals surface area contributed by atoms with Crippen molar-refractivity contribution in [2.75, 3.05) is 12.4 Å². The minimum absolute atomic E-state index is 0.0572. The van der Waals surface area contributed by atoms with E-state index in [0.717, 1.165) is 18.5 Å². The van der Waals surface area contributed by atoms with Gasteiger partial charge in [0.25, 0.3) is 0 Å². The van der Waals surface area contributed by atoms with Crippen LogP contribution in [-0.4, -0.2) is 12.9 Å². The van der Waals surface area contributed by atoms with Gasteiger partial charge in [-0.3, -0.25) is 4.99 Å². The molecule has 0 aliphatic carbocycles. The summed E-state index contributed by atoms with van der Waals surface area (Å²) in [4.78, 5) is 4.25. The highest BCUT2D eigenvalue weighted by Gasteiger charge is 2.24. The van der Waals surface area contributed by atoms with Crippen molar-refractivity contribution < 1.29 is 8.87 Å². The van der Waals surface area contributed by atoms with Crippen molar-refractivity contribution in [1.29, 1.82) is 0 Å². The fourth-order valence-corrected chi connectivity index (χ4v) is 2.20. The van der Waals surface area contributed by atoms with Gasteiger partial charge in [0.2, 0.25) is 0 Å². The van der Waals surface area contributed by atoms with Gasteiger partial charge in [0.15, 0.2) is 0 Å². The maximum Gasteiger partial charge on any atom is 0.129 e. The van der Waals surface area contributed by atoms with Crippen molar-refractivity contribution in [2.24, 2.45) is 10.9 Å². The summed E-state index contributed by atoms with van der Waals surface area (Å²) in [6, 6.07) is 4.50. The molecular weight excluding hydrogens is 236 g/mol. The van der Waals surface area contributed by atoms with Gasteiger partial charge < -0.3 is 5.32 Å². The van der Waals surface area contributed by atoms with Crippen LogP contribution in [0.15, 0.2) is 23.2 Å². The summed E-state index contributed by atoms with van der Waals surface area (Å²) >= 11 is 0. The van der Waals surface area contributed by atoms with E-state index in [4.69, 9.17) is 0 Å². The van der Waals surface area contributed by atoms with Crippen LogP contribution in [0.1, 0.15) is 31.4 Å². The van der Waals surface area contributed by atoms with Crippen LogP contribution in [0.5, 0.6) is 0 Å². The molecule has 0 amide bonds. The molecule has 0 bridgehead atoms. The molecular formula is C13H17F2N3. The molecule has 5 heteroatoms. The third-order valence-corrected chi connectivity index (χ3v) is 3.38. The molecule has 1 aromatic carbocycles. The van der Waals surface area contributed by atoms with Crippen molar-refractivity contribution in [3.63, 3.8) is 0 Å². The topological polar surface area (TPSA) is 36.4 Å². The first kappa shape index (κ1) is 12.8. The second kappa shape index (κ2) is 5.33. The van der Waals surface area contributed by atoms with Crippen molar-refractivity contribution >= 4 is 11.5 Å². The Hall–Kier alpha value is -1.65. The molecule has 2 rings (SSSR count). The van der Waals surface area contributed by atoms with Crippen molar-refractivity contribution in [3.05, 3.63) is 29.6 Å². The molecule has 0 spiro atoms. The SMILES string of the molecule is CNc1ccc(F)c(C2CCC(C)C(NF)=N2)c1. The number of nitrogens with one attached hydrogen (secondary N) is 2. The first-order chi connectivity index (χ1) is 8.65. The Labute approximate surface area is 105 Å². The summed E-state index contributed by atoms with van der Waals surface area (Å²) in [7, 11) is 1.78. The van der Waals surface area contributed by atoms with Crippen LogP contribution in [0.4, 0.5) is 14.6 Å². The zero-order valence-electron chi connectivity index (χ0n) is 10.5. The Morgan fingerprint density at radius 1 is 1.33 bits per heavy atom. The fourth-order valence-electron chi connectivity index (χ4n) is 2.20. The molecule has 98 valence electrons. The molecule has 2 N–H and O–H groups in total. The van der Waals surface area contributed by atoms with Crippen molar-refractivity contribution in [3.8, 4) is 0 Å². The van der Waals surface area contributed by atoms with Gasteiger partial charge in [-0.25, -0.2) is 9.93 Å². The molecule has 0 fully saturated rings. The number of anilines is 1. The number of amidine groups is 1. The number of nitrogens with zero attached hydrogens (tertiary/aromatic N) is 1. The minimum Gasteiger partial charge on any atom is -0.388 e. The van der Waals surface area contributed by atoms with Gasteiger partial charge in [0.05, 0.1) is 6.04 Å². The molecule has 0 aromatic heterocycles. The first-order valence-electron chi connectivity index (χ1n) is 6.07. The molecule has 0 saturated heterocycles. The summed E-state index contributed by atoms with van der Waals surface area (Å²) in [5.74, 6) is 0.0674. The normalized spacial score (nSPS) is 23.4. The average Bonchev–Trinajstić information content (AvgIpc) is 2.40. The monoisotopic (exact) mass is 253 g/mol. The molecule has 1 heterocycles. The molecule has 18 heavy (non-hydrogen) atoms. The lowest BCUT2D eigenvalue weighted by molar-refractivity contribution is 0.392. The molecule has 3 nitrogen and oxygen atoms in total. The van der Waals surface area contributed by atoms with Crippen LogP contribution in [0, 0.1) is 11.7 Å². The summed E-state index contributed by atoms with van der Waals surface area (Å²) in [6.07, 6.45) is 1.53. The van der Waals surface area contributed by atoms with Crippen LogP contribution >= 0.6 is 0 Å². The van der Waals surface area contributed by atoms with Gasteiger partial charge in [0.1, 0.15) is 11.7 Å². The lowest BCUT2D eigenvalue weighted by Crippen LogP contribution is -2.28. The number of halogens is 2. The number of hydrogen-bond acceptors (Lipinski definition) is 3. The van der Waals surface area contributed by atoms with Gasteiger partial charge in [0, 0.05) is 24.2 Å². The molecule has 1 aliphatic heterocycles. The van der Waals surface area contributed by atoms with E-state index >= 15 is 0 Å². The van der Waals surface area contributed by atoms with E-state index in [0.29, 0.717) is 11.4 Å². The maximum atomic E-state index is 13.8. The van der Waals surface area contributed by atoms with E-state index in [9.17, 15) is 8.87 Å². The van der Waals surface area contributed by atoms with E-state index in [-0.39, 0.29) is 17.8 Å². The maximum absolute atomic E-state index is 13.8. The second-order valence-corrected chi connectivity index (χ2v) is 4.59.